The van der Waals surface area contributed by atoms with E-state index in [0.29, 0.717) is 16.6 Å². The molecule has 0 unspecified atom stereocenters. The highest BCUT2D eigenvalue weighted by Gasteiger charge is 2.19. The first kappa shape index (κ1) is 18.3. The lowest BCUT2D eigenvalue weighted by atomic mass is 10.2. The molecule has 0 saturated carbocycles. The van der Waals surface area contributed by atoms with Crippen LogP contribution in [0.15, 0.2) is 59.7 Å². The minimum absolute atomic E-state index is 0.321. The van der Waals surface area contributed by atoms with Crippen molar-refractivity contribution < 1.29 is 14.3 Å². The topological polar surface area (TPSA) is 90.3 Å². The fraction of sp³-hybridized carbons (Fsp3) is 0.200. The zero-order valence-corrected chi connectivity index (χ0v) is 15.0. The average Bonchev–Trinajstić information content (AvgIpc) is 2.66. The number of nitrogens with one attached hydrogen (secondary N) is 1. The third-order valence-corrected chi connectivity index (χ3v) is 4.03. The highest BCUT2D eigenvalue weighted by molar-refractivity contribution is 5.95. The van der Waals surface area contributed by atoms with Crippen molar-refractivity contribution in [1.29, 1.82) is 0 Å². The van der Waals surface area contributed by atoms with Gasteiger partial charge in [-0.25, -0.2) is 4.98 Å². The summed E-state index contributed by atoms with van der Waals surface area (Å²) in [5, 5.41) is 3.09. The number of hydrogen-bond acceptors (Lipinski definition) is 5. The maximum absolute atomic E-state index is 12.4. The first-order valence-corrected chi connectivity index (χ1v) is 8.45. The number of aryl methyl sites for hydroxylation is 1. The maximum Gasteiger partial charge on any atom is 0.326 e. The summed E-state index contributed by atoms with van der Waals surface area (Å²) in [7, 11) is 0. The highest BCUT2D eigenvalue weighted by Crippen LogP contribution is 2.10. The standard InChI is InChI=1S/C20H19N3O4/c1-13-7-9-15(10-8-13)22-19(25)14(2)27-18(24)11-23-12-21-17-6-4-3-5-16(17)20(23)26/h3-10,12,14H,11H2,1-2H3,(H,22,25)/t14-/m1/s1. The van der Waals surface area contributed by atoms with Crippen LogP contribution >= 0.6 is 0 Å². The Labute approximate surface area is 155 Å². The van der Waals surface area contributed by atoms with Gasteiger partial charge in [0.15, 0.2) is 6.10 Å². The fourth-order valence-corrected chi connectivity index (χ4v) is 2.53. The number of hydrogen-bond donors (Lipinski definition) is 1. The number of benzene rings is 2. The van der Waals surface area contributed by atoms with Crippen molar-refractivity contribution in [3.05, 3.63) is 70.8 Å². The first-order valence-electron chi connectivity index (χ1n) is 8.45. The van der Waals surface area contributed by atoms with E-state index in [4.69, 9.17) is 4.74 Å². The lowest BCUT2D eigenvalue weighted by Gasteiger charge is -2.14. The van der Waals surface area contributed by atoms with Crippen molar-refractivity contribution >= 4 is 28.5 Å². The Kier molecular flexibility index (Phi) is 5.30. The molecule has 138 valence electrons. The van der Waals surface area contributed by atoms with Crippen molar-refractivity contribution in [2.75, 3.05) is 5.32 Å². The van der Waals surface area contributed by atoms with Gasteiger partial charge in [-0.15, -0.1) is 0 Å². The lowest BCUT2D eigenvalue weighted by molar-refractivity contribution is -0.153. The number of aromatic nitrogens is 2. The molecule has 1 amide bonds. The van der Waals surface area contributed by atoms with E-state index in [1.54, 1.807) is 36.4 Å². The van der Waals surface area contributed by atoms with E-state index in [2.05, 4.69) is 10.3 Å². The largest absolute Gasteiger partial charge is 0.451 e. The molecule has 0 aliphatic rings. The van der Waals surface area contributed by atoms with Crippen LogP contribution in [0.25, 0.3) is 10.9 Å². The van der Waals surface area contributed by atoms with Crippen LogP contribution in [0.1, 0.15) is 12.5 Å². The Morgan fingerprint density at radius 2 is 1.85 bits per heavy atom. The van der Waals surface area contributed by atoms with E-state index in [0.717, 1.165) is 10.1 Å². The molecule has 0 fully saturated rings. The fourth-order valence-electron chi connectivity index (χ4n) is 2.53. The minimum Gasteiger partial charge on any atom is -0.451 e. The summed E-state index contributed by atoms with van der Waals surface area (Å²) in [5.74, 6) is -1.14. The quantitative estimate of drug-likeness (QED) is 0.701. The molecule has 0 aliphatic heterocycles. The summed E-state index contributed by atoms with van der Waals surface area (Å²) in [6, 6.07) is 14.1. The maximum atomic E-state index is 12.4. The molecule has 0 saturated heterocycles. The van der Waals surface area contributed by atoms with E-state index in [1.807, 2.05) is 19.1 Å². The summed E-state index contributed by atoms with van der Waals surface area (Å²) < 4.78 is 6.30. The van der Waals surface area contributed by atoms with Gasteiger partial charge in [-0.1, -0.05) is 29.8 Å². The Morgan fingerprint density at radius 3 is 2.59 bits per heavy atom. The molecule has 1 N–H and O–H groups in total. The van der Waals surface area contributed by atoms with Gasteiger partial charge in [0, 0.05) is 5.69 Å². The van der Waals surface area contributed by atoms with Gasteiger partial charge in [0.1, 0.15) is 6.54 Å². The summed E-state index contributed by atoms with van der Waals surface area (Å²) >= 11 is 0. The molecule has 7 nitrogen and oxygen atoms in total. The molecule has 1 aromatic heterocycles. The summed E-state index contributed by atoms with van der Waals surface area (Å²) in [6.07, 6.45) is 0.297. The van der Waals surface area contributed by atoms with Crippen LogP contribution in [0.5, 0.6) is 0 Å². The number of nitrogens with zero attached hydrogens (tertiary/aromatic N) is 2. The van der Waals surface area contributed by atoms with Crippen LogP contribution in [0, 0.1) is 6.92 Å². The van der Waals surface area contributed by atoms with Gasteiger partial charge in [-0.05, 0) is 38.1 Å². The minimum atomic E-state index is -0.997. The molecule has 0 bridgehead atoms. The molecule has 3 aromatic rings. The van der Waals surface area contributed by atoms with Gasteiger partial charge in [0.25, 0.3) is 11.5 Å². The van der Waals surface area contributed by atoms with Crippen LogP contribution in [0.4, 0.5) is 5.69 Å². The number of carbonyl (C=O) groups excluding carboxylic acids is 2. The van der Waals surface area contributed by atoms with E-state index < -0.39 is 18.0 Å². The van der Waals surface area contributed by atoms with Crippen molar-refractivity contribution in [2.45, 2.75) is 26.5 Å². The number of anilines is 1. The van der Waals surface area contributed by atoms with Gasteiger partial charge >= 0.3 is 5.97 Å². The van der Waals surface area contributed by atoms with E-state index in [1.165, 1.54) is 13.3 Å². The van der Waals surface area contributed by atoms with Crippen molar-refractivity contribution in [3.63, 3.8) is 0 Å². The second kappa shape index (κ2) is 7.82. The van der Waals surface area contributed by atoms with Crippen LogP contribution < -0.4 is 10.9 Å². The second-order valence-corrected chi connectivity index (χ2v) is 6.18. The number of amides is 1. The Hall–Kier alpha value is -3.48. The van der Waals surface area contributed by atoms with Gasteiger partial charge < -0.3 is 10.1 Å². The van der Waals surface area contributed by atoms with Crippen LogP contribution in [-0.2, 0) is 20.9 Å². The third-order valence-electron chi connectivity index (χ3n) is 4.03. The molecule has 2 aromatic carbocycles. The number of ether oxygens (including phenoxy) is 1. The van der Waals surface area contributed by atoms with Gasteiger partial charge in [-0.2, -0.15) is 0 Å². The monoisotopic (exact) mass is 365 g/mol. The molecular formula is C20H19N3O4. The number of para-hydroxylation sites is 1. The molecule has 3 rings (SSSR count). The van der Waals surface area contributed by atoms with Gasteiger partial charge in [0.05, 0.1) is 17.2 Å². The van der Waals surface area contributed by atoms with Crippen molar-refractivity contribution in [2.24, 2.45) is 0 Å². The summed E-state index contributed by atoms with van der Waals surface area (Å²) in [6.45, 7) is 3.10. The molecule has 0 spiro atoms. The molecule has 0 aliphatic carbocycles. The normalized spacial score (nSPS) is 11.8. The van der Waals surface area contributed by atoms with Crippen LogP contribution in [0.2, 0.25) is 0 Å². The van der Waals surface area contributed by atoms with E-state index in [9.17, 15) is 14.4 Å². The SMILES string of the molecule is Cc1ccc(NC(=O)[C@@H](C)OC(=O)Cn2cnc3ccccc3c2=O)cc1. The van der Waals surface area contributed by atoms with E-state index in [-0.39, 0.29) is 12.1 Å². The number of esters is 1. The molecule has 1 heterocycles. The van der Waals surface area contributed by atoms with Crippen LogP contribution in [-0.4, -0.2) is 27.5 Å². The summed E-state index contributed by atoms with van der Waals surface area (Å²) in [5.41, 5.74) is 1.90. The number of fused-ring (bicyclic) bond motifs is 1. The predicted octanol–water partition coefficient (Wildman–Crippen LogP) is 2.28. The zero-order chi connectivity index (χ0) is 19.4. The third kappa shape index (κ3) is 4.38. The molecular weight excluding hydrogens is 346 g/mol. The van der Waals surface area contributed by atoms with Crippen molar-refractivity contribution in [3.8, 4) is 0 Å². The number of rotatable bonds is 5. The smallest absolute Gasteiger partial charge is 0.326 e. The molecule has 7 heteroatoms. The average molecular weight is 365 g/mol. The summed E-state index contributed by atoms with van der Waals surface area (Å²) in [4.78, 5) is 40.8. The second-order valence-electron chi connectivity index (χ2n) is 6.18. The molecule has 1 atom stereocenters. The Balaban J connectivity index is 1.63. The van der Waals surface area contributed by atoms with E-state index >= 15 is 0 Å². The molecule has 27 heavy (non-hydrogen) atoms. The van der Waals surface area contributed by atoms with Gasteiger partial charge in [-0.3, -0.25) is 19.0 Å². The highest BCUT2D eigenvalue weighted by atomic mass is 16.5. The number of carbonyl (C=O) groups is 2. The predicted molar refractivity (Wildman–Crippen MR) is 101 cm³/mol. The zero-order valence-electron chi connectivity index (χ0n) is 15.0. The Bertz CT molecular complexity index is 1040. The Morgan fingerprint density at radius 1 is 1.15 bits per heavy atom. The first-order chi connectivity index (χ1) is 12.9. The lowest BCUT2D eigenvalue weighted by Crippen LogP contribution is -2.33. The van der Waals surface area contributed by atoms with Crippen molar-refractivity contribution in [1.82, 2.24) is 9.55 Å². The molecule has 0 radical (unpaired) electrons. The van der Waals surface area contributed by atoms with Crippen LogP contribution in [0.3, 0.4) is 0 Å². The van der Waals surface area contributed by atoms with Gasteiger partial charge in [0.2, 0.25) is 0 Å².